The number of nitrogens with one attached hydrogen (secondary N) is 4. The highest BCUT2D eigenvalue weighted by Gasteiger charge is 2.34. The summed E-state index contributed by atoms with van der Waals surface area (Å²) < 4.78 is 0. The SMILES string of the molecule is CCC(C)C(NC(=O)C(NC(=O)C(CCC(=O)O)NC(=O)C1CCCN1)C(C)CC)C(=O)O. The topological polar surface area (TPSA) is 174 Å². The largest absolute Gasteiger partial charge is 0.481 e. The summed E-state index contributed by atoms with van der Waals surface area (Å²) in [6.07, 6.45) is 2.02. The molecule has 0 aromatic carbocycles. The number of hydrogen-bond acceptors (Lipinski definition) is 6. The molecule has 0 spiro atoms. The number of carbonyl (C=O) groups is 5. The smallest absolute Gasteiger partial charge is 0.326 e. The maximum Gasteiger partial charge on any atom is 0.326 e. The second kappa shape index (κ2) is 13.8. The number of amides is 3. The fourth-order valence-corrected chi connectivity index (χ4v) is 3.60. The van der Waals surface area contributed by atoms with E-state index in [9.17, 15) is 29.1 Å². The normalized spacial score (nSPS) is 20.1. The molecule has 0 radical (unpaired) electrons. The van der Waals surface area contributed by atoms with Crippen molar-refractivity contribution in [1.29, 1.82) is 0 Å². The lowest BCUT2D eigenvalue weighted by Crippen LogP contribution is -2.59. The Kier molecular flexibility index (Phi) is 11.8. The lowest BCUT2D eigenvalue weighted by molar-refractivity contribution is -0.144. The van der Waals surface area contributed by atoms with E-state index in [4.69, 9.17) is 5.11 Å². The van der Waals surface area contributed by atoms with Gasteiger partial charge in [-0.25, -0.2) is 4.79 Å². The lowest BCUT2D eigenvalue weighted by atomic mass is 9.95. The summed E-state index contributed by atoms with van der Waals surface area (Å²) in [5, 5.41) is 29.3. The fourth-order valence-electron chi connectivity index (χ4n) is 3.60. The van der Waals surface area contributed by atoms with E-state index < -0.39 is 53.8 Å². The predicted octanol–water partition coefficient (Wildman–Crippen LogP) is 0.234. The molecule has 1 heterocycles. The van der Waals surface area contributed by atoms with E-state index >= 15 is 0 Å². The van der Waals surface area contributed by atoms with E-state index in [1.807, 2.05) is 13.8 Å². The van der Waals surface area contributed by atoms with Gasteiger partial charge in [0.2, 0.25) is 17.7 Å². The van der Waals surface area contributed by atoms with Crippen LogP contribution in [0, 0.1) is 11.8 Å². The number of carbonyl (C=O) groups excluding carboxylic acids is 3. The molecule has 0 bridgehead atoms. The molecule has 1 aliphatic heterocycles. The van der Waals surface area contributed by atoms with Crippen molar-refractivity contribution in [3.63, 3.8) is 0 Å². The number of rotatable bonds is 14. The average Bonchev–Trinajstić information content (AvgIpc) is 3.31. The van der Waals surface area contributed by atoms with E-state index in [0.717, 1.165) is 6.42 Å². The Labute approximate surface area is 194 Å². The van der Waals surface area contributed by atoms with E-state index in [1.54, 1.807) is 13.8 Å². The molecule has 0 aromatic rings. The van der Waals surface area contributed by atoms with Crippen LogP contribution in [0.5, 0.6) is 0 Å². The highest BCUT2D eigenvalue weighted by atomic mass is 16.4. The molecule has 0 aliphatic carbocycles. The van der Waals surface area contributed by atoms with Crippen LogP contribution in [0.2, 0.25) is 0 Å². The number of carboxylic acids is 2. The third kappa shape index (κ3) is 8.99. The number of hydrogen-bond donors (Lipinski definition) is 6. The van der Waals surface area contributed by atoms with Crippen LogP contribution < -0.4 is 21.3 Å². The van der Waals surface area contributed by atoms with Gasteiger partial charge >= 0.3 is 11.9 Å². The monoisotopic (exact) mass is 470 g/mol. The highest BCUT2D eigenvalue weighted by molar-refractivity contribution is 5.94. The zero-order chi connectivity index (χ0) is 25.1. The molecule has 1 fully saturated rings. The first-order chi connectivity index (χ1) is 15.5. The third-order valence-corrected chi connectivity index (χ3v) is 6.23. The molecule has 188 valence electrons. The summed E-state index contributed by atoms with van der Waals surface area (Å²) >= 11 is 0. The van der Waals surface area contributed by atoms with Gasteiger partial charge in [-0.2, -0.15) is 0 Å². The molecule has 11 heteroatoms. The minimum atomic E-state index is -1.16. The molecule has 0 aromatic heterocycles. The molecular formula is C22H38N4O7. The van der Waals surface area contributed by atoms with Crippen LogP contribution in [0.25, 0.3) is 0 Å². The molecule has 6 N–H and O–H groups in total. The molecule has 6 atom stereocenters. The second-order valence-electron chi connectivity index (χ2n) is 8.72. The number of carboxylic acid groups (broad SMARTS) is 2. The Hall–Kier alpha value is -2.69. The van der Waals surface area contributed by atoms with Crippen molar-refractivity contribution < 1.29 is 34.2 Å². The maximum atomic E-state index is 13.0. The Balaban J connectivity index is 2.99. The molecule has 1 rings (SSSR count). The molecule has 11 nitrogen and oxygen atoms in total. The Bertz CT molecular complexity index is 709. The third-order valence-electron chi connectivity index (χ3n) is 6.23. The van der Waals surface area contributed by atoms with Gasteiger partial charge in [0, 0.05) is 6.42 Å². The molecular weight excluding hydrogens is 432 g/mol. The summed E-state index contributed by atoms with van der Waals surface area (Å²) in [4.78, 5) is 61.1. The average molecular weight is 471 g/mol. The molecule has 0 saturated carbocycles. The van der Waals surface area contributed by atoms with Gasteiger partial charge in [-0.3, -0.25) is 19.2 Å². The summed E-state index contributed by atoms with van der Waals surface area (Å²) in [5.74, 6) is -4.64. The molecule has 1 aliphatic rings. The van der Waals surface area contributed by atoms with Gasteiger partial charge in [-0.1, -0.05) is 40.5 Å². The molecule has 3 amide bonds. The van der Waals surface area contributed by atoms with Crippen LogP contribution >= 0.6 is 0 Å². The summed E-state index contributed by atoms with van der Waals surface area (Å²) in [5.41, 5.74) is 0. The van der Waals surface area contributed by atoms with Crippen LogP contribution in [0.4, 0.5) is 0 Å². The lowest BCUT2D eigenvalue weighted by Gasteiger charge is -2.29. The van der Waals surface area contributed by atoms with E-state index in [2.05, 4.69) is 21.3 Å². The quantitative estimate of drug-likeness (QED) is 0.209. The predicted molar refractivity (Wildman–Crippen MR) is 120 cm³/mol. The van der Waals surface area contributed by atoms with Gasteiger partial charge in [-0.15, -0.1) is 0 Å². The van der Waals surface area contributed by atoms with Crippen molar-refractivity contribution in [2.75, 3.05) is 6.54 Å². The standard InChI is InChI=1S/C22H38N4O7/c1-5-12(3)17(21(31)26-18(22(32)33)13(4)6-2)25-20(30)15(9-10-16(27)28)24-19(29)14-8-7-11-23-14/h12-15,17-18,23H,5-11H2,1-4H3,(H,24,29)(H,25,30)(H,26,31)(H,27,28)(H,32,33). The van der Waals surface area contributed by atoms with Crippen molar-refractivity contribution >= 4 is 29.7 Å². The second-order valence-corrected chi connectivity index (χ2v) is 8.72. The highest BCUT2D eigenvalue weighted by Crippen LogP contribution is 2.13. The first kappa shape index (κ1) is 28.3. The van der Waals surface area contributed by atoms with Gasteiger partial charge in [0.05, 0.1) is 6.04 Å². The fraction of sp³-hybridized carbons (Fsp3) is 0.773. The minimum absolute atomic E-state index is 0.140. The van der Waals surface area contributed by atoms with Crippen LogP contribution in [-0.2, 0) is 24.0 Å². The van der Waals surface area contributed by atoms with Gasteiger partial charge < -0.3 is 31.5 Å². The van der Waals surface area contributed by atoms with Gasteiger partial charge in [0.1, 0.15) is 18.1 Å². The van der Waals surface area contributed by atoms with Crippen molar-refractivity contribution in [3.05, 3.63) is 0 Å². The number of aliphatic carboxylic acids is 2. The van der Waals surface area contributed by atoms with E-state index in [0.29, 0.717) is 25.8 Å². The first-order valence-electron chi connectivity index (χ1n) is 11.6. The summed E-state index contributed by atoms with van der Waals surface area (Å²) in [6.45, 7) is 7.79. The molecule has 1 saturated heterocycles. The van der Waals surface area contributed by atoms with E-state index in [1.165, 1.54) is 0 Å². The zero-order valence-corrected chi connectivity index (χ0v) is 19.8. The van der Waals surface area contributed by atoms with Gasteiger partial charge in [0.25, 0.3) is 0 Å². The molecule has 33 heavy (non-hydrogen) atoms. The first-order valence-corrected chi connectivity index (χ1v) is 11.6. The van der Waals surface area contributed by atoms with Gasteiger partial charge in [0.15, 0.2) is 0 Å². The Morgan fingerprint density at radius 3 is 1.97 bits per heavy atom. The molecule has 6 unspecified atom stereocenters. The maximum absolute atomic E-state index is 13.0. The Morgan fingerprint density at radius 2 is 1.48 bits per heavy atom. The Morgan fingerprint density at radius 1 is 0.909 bits per heavy atom. The summed E-state index contributed by atoms with van der Waals surface area (Å²) in [7, 11) is 0. The van der Waals surface area contributed by atoms with Crippen molar-refractivity contribution in [1.82, 2.24) is 21.3 Å². The van der Waals surface area contributed by atoms with E-state index in [-0.39, 0.29) is 24.7 Å². The van der Waals surface area contributed by atoms with Gasteiger partial charge in [-0.05, 0) is 37.6 Å². The van der Waals surface area contributed by atoms with Crippen LogP contribution in [0.3, 0.4) is 0 Å². The van der Waals surface area contributed by atoms with Crippen molar-refractivity contribution in [2.24, 2.45) is 11.8 Å². The van der Waals surface area contributed by atoms with Crippen LogP contribution in [-0.4, -0.2) is 70.6 Å². The van der Waals surface area contributed by atoms with Crippen LogP contribution in [0.1, 0.15) is 66.2 Å². The van der Waals surface area contributed by atoms with Crippen molar-refractivity contribution in [2.45, 2.75) is 90.4 Å². The van der Waals surface area contributed by atoms with Crippen LogP contribution in [0.15, 0.2) is 0 Å². The zero-order valence-electron chi connectivity index (χ0n) is 19.8. The van der Waals surface area contributed by atoms with Crippen molar-refractivity contribution in [3.8, 4) is 0 Å². The summed E-state index contributed by atoms with van der Waals surface area (Å²) in [6, 6.07) is -3.74. The minimum Gasteiger partial charge on any atom is -0.481 e.